The van der Waals surface area contributed by atoms with E-state index in [4.69, 9.17) is 0 Å². The first-order valence-electron chi connectivity index (χ1n) is 8.87. The van der Waals surface area contributed by atoms with Gasteiger partial charge in [0.1, 0.15) is 0 Å². The van der Waals surface area contributed by atoms with Crippen molar-refractivity contribution in [2.75, 3.05) is 18.8 Å². The third kappa shape index (κ3) is 6.10. The van der Waals surface area contributed by atoms with E-state index in [-0.39, 0.29) is 11.4 Å². The van der Waals surface area contributed by atoms with Gasteiger partial charge in [0, 0.05) is 13.0 Å². The molecule has 2 rings (SSSR count). The number of carbonyl (C=O) groups is 1. The van der Waals surface area contributed by atoms with Crippen molar-refractivity contribution < 1.29 is 10.1 Å². The second-order valence-corrected chi connectivity index (χ2v) is 8.41. The number of quaternary nitrogens is 1. The summed E-state index contributed by atoms with van der Waals surface area (Å²) >= 11 is 1.35. The fraction of sp³-hybridized carbons (Fsp3) is 0.556. The van der Waals surface area contributed by atoms with E-state index >= 15 is 0 Å². The number of hydrogen-bond donors (Lipinski definition) is 2. The molecule has 1 heterocycles. The van der Waals surface area contributed by atoms with Gasteiger partial charge in [-0.25, -0.2) is 0 Å². The maximum absolute atomic E-state index is 12.1. The van der Waals surface area contributed by atoms with Gasteiger partial charge >= 0.3 is 0 Å². The van der Waals surface area contributed by atoms with Gasteiger partial charge in [-0.2, -0.15) is 4.68 Å². The van der Waals surface area contributed by atoms with Gasteiger partial charge in [-0.3, -0.25) is 4.79 Å². The summed E-state index contributed by atoms with van der Waals surface area (Å²) in [4.78, 5) is 12.1. The Morgan fingerprint density at radius 3 is 2.62 bits per heavy atom. The Morgan fingerprint density at radius 2 is 1.96 bits per heavy atom. The van der Waals surface area contributed by atoms with Crippen LogP contribution in [0.2, 0.25) is 0 Å². The van der Waals surface area contributed by atoms with E-state index in [1.165, 1.54) is 11.8 Å². The molecule has 0 aliphatic rings. The van der Waals surface area contributed by atoms with E-state index in [0.717, 1.165) is 29.8 Å². The van der Waals surface area contributed by atoms with Gasteiger partial charge in [-0.1, -0.05) is 30.0 Å². The molecule has 2 aromatic rings. The molecule has 7 nitrogen and oxygen atoms in total. The second-order valence-electron chi connectivity index (χ2n) is 7.46. The van der Waals surface area contributed by atoms with Gasteiger partial charge < -0.3 is 10.6 Å². The highest BCUT2D eigenvalue weighted by Gasteiger charge is 2.15. The number of aryl methyl sites for hydroxylation is 2. The van der Waals surface area contributed by atoms with Crippen LogP contribution in [0.15, 0.2) is 23.4 Å². The number of thioether (sulfide) groups is 1. The molecule has 0 saturated carbocycles. The lowest BCUT2D eigenvalue weighted by Crippen LogP contribution is -2.94. The van der Waals surface area contributed by atoms with Crippen molar-refractivity contribution >= 4 is 17.7 Å². The SMILES string of the molecule is Cc1cccc(C)c1-n1nnnc1SCC(=O)NCCC[NH2+]C(C)(C)C. The van der Waals surface area contributed by atoms with Crippen LogP contribution in [0.4, 0.5) is 0 Å². The summed E-state index contributed by atoms with van der Waals surface area (Å²) in [6.45, 7) is 12.3. The van der Waals surface area contributed by atoms with Crippen LogP contribution in [0.25, 0.3) is 5.69 Å². The van der Waals surface area contributed by atoms with Crippen LogP contribution in [-0.4, -0.2) is 50.5 Å². The van der Waals surface area contributed by atoms with E-state index < -0.39 is 0 Å². The molecular formula is C18H29N6OS+. The maximum Gasteiger partial charge on any atom is 0.230 e. The van der Waals surface area contributed by atoms with Crippen molar-refractivity contribution in [2.24, 2.45) is 0 Å². The lowest BCUT2D eigenvalue weighted by Gasteiger charge is -2.16. The molecule has 1 amide bonds. The number of aromatic nitrogens is 4. The minimum Gasteiger partial charge on any atom is -0.355 e. The fourth-order valence-electron chi connectivity index (χ4n) is 2.60. The van der Waals surface area contributed by atoms with Crippen LogP contribution >= 0.6 is 11.8 Å². The standard InChI is InChI=1S/C18H28N6OS/c1-13-8-6-9-14(2)16(13)24-17(21-22-23-24)26-12-15(25)19-10-7-11-20-18(3,4)5/h6,8-9,20H,7,10-12H2,1-5H3,(H,19,25)/p+1. The lowest BCUT2D eigenvalue weighted by atomic mass is 10.1. The monoisotopic (exact) mass is 377 g/mol. The molecule has 0 unspecified atom stereocenters. The summed E-state index contributed by atoms with van der Waals surface area (Å²) in [5.41, 5.74) is 3.39. The maximum atomic E-state index is 12.1. The number of para-hydroxylation sites is 1. The minimum absolute atomic E-state index is 0.00168. The van der Waals surface area contributed by atoms with Crippen LogP contribution in [0.1, 0.15) is 38.3 Å². The zero-order chi connectivity index (χ0) is 19.2. The average Bonchev–Trinajstić information content (AvgIpc) is 2.99. The van der Waals surface area contributed by atoms with Gasteiger partial charge in [-0.05, 0) is 56.2 Å². The molecule has 0 aliphatic heterocycles. The van der Waals surface area contributed by atoms with E-state index in [1.807, 2.05) is 32.0 Å². The number of tetrazole rings is 1. The van der Waals surface area contributed by atoms with Gasteiger partial charge in [0.2, 0.25) is 11.1 Å². The van der Waals surface area contributed by atoms with Gasteiger partial charge in [-0.15, -0.1) is 5.10 Å². The third-order valence-corrected chi connectivity index (χ3v) is 4.80. The molecule has 0 aliphatic carbocycles. The Morgan fingerprint density at radius 1 is 1.27 bits per heavy atom. The zero-order valence-corrected chi connectivity index (χ0v) is 17.1. The number of rotatable bonds is 8. The number of nitrogens with zero attached hydrogens (tertiary/aromatic N) is 4. The predicted octanol–water partition coefficient (Wildman–Crippen LogP) is 1.24. The summed E-state index contributed by atoms with van der Waals surface area (Å²) in [6, 6.07) is 6.06. The minimum atomic E-state index is 0.00168. The van der Waals surface area contributed by atoms with Crippen molar-refractivity contribution in [3.63, 3.8) is 0 Å². The van der Waals surface area contributed by atoms with Gasteiger partial charge in [0.15, 0.2) is 0 Å². The summed E-state index contributed by atoms with van der Waals surface area (Å²) < 4.78 is 1.71. The number of nitrogens with one attached hydrogen (secondary N) is 1. The number of benzene rings is 1. The normalized spacial score (nSPS) is 11.6. The van der Waals surface area contributed by atoms with Crippen molar-refractivity contribution in [1.29, 1.82) is 0 Å². The molecule has 1 aromatic heterocycles. The van der Waals surface area contributed by atoms with Crippen LogP contribution in [0.5, 0.6) is 0 Å². The largest absolute Gasteiger partial charge is 0.355 e. The highest BCUT2D eigenvalue weighted by atomic mass is 32.2. The molecule has 142 valence electrons. The van der Waals surface area contributed by atoms with E-state index in [1.54, 1.807) is 4.68 Å². The Bertz CT molecular complexity index is 717. The first-order chi connectivity index (χ1) is 12.3. The van der Waals surface area contributed by atoms with Gasteiger partial charge in [0.25, 0.3) is 0 Å². The van der Waals surface area contributed by atoms with Crippen LogP contribution in [0, 0.1) is 13.8 Å². The number of amides is 1. The summed E-state index contributed by atoms with van der Waals surface area (Å²) in [6.07, 6.45) is 0.952. The van der Waals surface area contributed by atoms with E-state index in [2.05, 4.69) is 46.9 Å². The quantitative estimate of drug-likeness (QED) is 0.534. The molecular weight excluding hydrogens is 348 g/mol. The molecule has 0 saturated heterocycles. The van der Waals surface area contributed by atoms with Crippen molar-refractivity contribution in [3.05, 3.63) is 29.3 Å². The number of nitrogens with two attached hydrogens (primary N) is 1. The fourth-order valence-corrected chi connectivity index (χ4v) is 3.30. The number of carbonyl (C=O) groups excluding carboxylic acids is 1. The average molecular weight is 378 g/mol. The molecule has 0 fully saturated rings. The molecule has 0 bridgehead atoms. The lowest BCUT2D eigenvalue weighted by molar-refractivity contribution is -0.717. The third-order valence-electron chi connectivity index (χ3n) is 3.88. The molecule has 26 heavy (non-hydrogen) atoms. The Hall–Kier alpha value is -1.93. The van der Waals surface area contributed by atoms with Crippen LogP contribution in [-0.2, 0) is 4.79 Å². The summed E-state index contributed by atoms with van der Waals surface area (Å²) in [7, 11) is 0. The molecule has 0 spiro atoms. The van der Waals surface area contributed by atoms with E-state index in [9.17, 15) is 4.79 Å². The molecule has 8 heteroatoms. The van der Waals surface area contributed by atoms with E-state index in [0.29, 0.717) is 17.5 Å². The summed E-state index contributed by atoms with van der Waals surface area (Å²) in [5, 5.41) is 17.8. The molecule has 0 atom stereocenters. The predicted molar refractivity (Wildman–Crippen MR) is 104 cm³/mol. The first kappa shape index (κ1) is 20.4. The first-order valence-corrected chi connectivity index (χ1v) is 9.85. The molecule has 1 aromatic carbocycles. The van der Waals surface area contributed by atoms with Crippen LogP contribution < -0.4 is 10.6 Å². The zero-order valence-electron chi connectivity index (χ0n) is 16.2. The van der Waals surface area contributed by atoms with Crippen molar-refractivity contribution in [1.82, 2.24) is 25.5 Å². The molecule has 0 radical (unpaired) electrons. The topological polar surface area (TPSA) is 89.3 Å². The van der Waals surface area contributed by atoms with Crippen molar-refractivity contribution in [3.8, 4) is 5.69 Å². The van der Waals surface area contributed by atoms with Crippen LogP contribution in [0.3, 0.4) is 0 Å². The molecule has 3 N–H and O–H groups in total. The Kier molecular flexibility index (Phi) is 7.16. The highest BCUT2D eigenvalue weighted by Crippen LogP contribution is 2.23. The number of hydrogen-bond acceptors (Lipinski definition) is 5. The Labute approximate surface area is 159 Å². The highest BCUT2D eigenvalue weighted by molar-refractivity contribution is 7.99. The summed E-state index contributed by atoms with van der Waals surface area (Å²) in [5.74, 6) is 0.302. The van der Waals surface area contributed by atoms with Crippen molar-refractivity contribution in [2.45, 2.75) is 51.7 Å². The Balaban J connectivity index is 1.84. The van der Waals surface area contributed by atoms with Gasteiger partial charge in [0.05, 0.1) is 23.5 Å². The second kappa shape index (κ2) is 9.14. The smallest absolute Gasteiger partial charge is 0.230 e.